The first kappa shape index (κ1) is 10.1. The van der Waals surface area contributed by atoms with Gasteiger partial charge in [-0.3, -0.25) is 0 Å². The van der Waals surface area contributed by atoms with Crippen molar-refractivity contribution in [3.05, 3.63) is 47.7 Å². The number of hydrogen-bond donors (Lipinski definition) is 1. The average molecular weight is 196 g/mol. The Morgan fingerprint density at radius 3 is 3.08 bits per heavy atom. The fourth-order valence-corrected chi connectivity index (χ4v) is 1.31. The molecule has 1 aliphatic rings. The molecule has 0 aromatic rings. The topological polar surface area (TPSA) is 12.0 Å². The molecule has 70 valence electrons. The van der Waals surface area contributed by atoms with Crippen molar-refractivity contribution in [1.82, 2.24) is 5.32 Å². The molecule has 1 N–H and O–H groups in total. The van der Waals surface area contributed by atoms with Crippen LogP contribution in [0.3, 0.4) is 0 Å². The molecule has 0 spiro atoms. The molecular weight excluding hydrogens is 182 g/mol. The first-order chi connectivity index (χ1) is 6.24. The molecule has 0 radical (unpaired) electrons. The van der Waals surface area contributed by atoms with Crippen molar-refractivity contribution in [2.45, 2.75) is 12.8 Å². The van der Waals surface area contributed by atoms with Crippen molar-refractivity contribution in [1.29, 1.82) is 0 Å². The normalized spacial score (nSPS) is 15.8. The van der Waals surface area contributed by atoms with E-state index in [9.17, 15) is 0 Å². The monoisotopic (exact) mass is 195 g/mol. The van der Waals surface area contributed by atoms with Crippen molar-refractivity contribution in [3.8, 4) is 0 Å². The molecule has 0 atom stereocenters. The highest BCUT2D eigenvalue weighted by Gasteiger charge is 2.04. The van der Waals surface area contributed by atoms with E-state index in [0.717, 1.165) is 29.1 Å². The van der Waals surface area contributed by atoms with Gasteiger partial charge in [-0.1, -0.05) is 36.9 Å². The van der Waals surface area contributed by atoms with Gasteiger partial charge in [0.1, 0.15) is 0 Å². The number of rotatable bonds is 4. The highest BCUT2D eigenvalue weighted by Crippen LogP contribution is 2.20. The summed E-state index contributed by atoms with van der Waals surface area (Å²) in [6.07, 6.45) is 7.84. The summed E-state index contributed by atoms with van der Waals surface area (Å²) < 4.78 is 0. The predicted molar refractivity (Wildman–Crippen MR) is 58.6 cm³/mol. The zero-order chi connectivity index (χ0) is 9.68. The lowest BCUT2D eigenvalue weighted by Crippen LogP contribution is -2.16. The SMILES string of the molecule is C=CC(=C)CNC1=C(Cl)CCC=C1. The molecule has 1 aliphatic carbocycles. The van der Waals surface area contributed by atoms with Crippen LogP contribution in [0.15, 0.2) is 47.7 Å². The summed E-state index contributed by atoms with van der Waals surface area (Å²) in [6.45, 7) is 8.16. The van der Waals surface area contributed by atoms with Gasteiger partial charge in [0, 0.05) is 17.3 Å². The van der Waals surface area contributed by atoms with Gasteiger partial charge in [0.2, 0.25) is 0 Å². The van der Waals surface area contributed by atoms with Crippen LogP contribution in [-0.4, -0.2) is 6.54 Å². The van der Waals surface area contributed by atoms with Crippen LogP contribution < -0.4 is 5.32 Å². The van der Waals surface area contributed by atoms with Gasteiger partial charge in [0.15, 0.2) is 0 Å². The summed E-state index contributed by atoms with van der Waals surface area (Å²) in [5, 5.41) is 4.11. The summed E-state index contributed by atoms with van der Waals surface area (Å²) in [7, 11) is 0. The molecule has 0 bridgehead atoms. The van der Waals surface area contributed by atoms with Gasteiger partial charge in [-0.2, -0.15) is 0 Å². The molecule has 0 amide bonds. The number of allylic oxidation sites excluding steroid dienone is 3. The average Bonchev–Trinajstić information content (AvgIpc) is 2.16. The van der Waals surface area contributed by atoms with E-state index < -0.39 is 0 Å². The van der Waals surface area contributed by atoms with E-state index in [1.54, 1.807) is 6.08 Å². The largest absolute Gasteiger partial charge is 0.380 e. The molecule has 13 heavy (non-hydrogen) atoms. The standard InChI is InChI=1S/C11H14ClN/c1-3-9(2)8-13-11-7-5-4-6-10(11)12/h3,5,7,13H,1-2,4,6,8H2. The Bertz CT molecular complexity index is 274. The summed E-state index contributed by atoms with van der Waals surface area (Å²) >= 11 is 6.02. The fourth-order valence-electron chi connectivity index (χ4n) is 1.07. The third-order valence-electron chi connectivity index (χ3n) is 1.90. The van der Waals surface area contributed by atoms with Crippen LogP contribution in [0.25, 0.3) is 0 Å². The number of halogens is 1. The maximum atomic E-state index is 6.02. The van der Waals surface area contributed by atoms with Crippen LogP contribution in [0, 0.1) is 0 Å². The molecule has 0 unspecified atom stereocenters. The lowest BCUT2D eigenvalue weighted by Gasteiger charge is -2.13. The summed E-state index contributed by atoms with van der Waals surface area (Å²) in [5.41, 5.74) is 1.98. The van der Waals surface area contributed by atoms with Gasteiger partial charge in [0.05, 0.1) is 0 Å². The summed E-state index contributed by atoms with van der Waals surface area (Å²) in [6, 6.07) is 0. The maximum Gasteiger partial charge on any atom is 0.0487 e. The highest BCUT2D eigenvalue weighted by molar-refractivity contribution is 6.30. The van der Waals surface area contributed by atoms with Crippen molar-refractivity contribution in [2.24, 2.45) is 0 Å². The van der Waals surface area contributed by atoms with Crippen molar-refractivity contribution in [2.75, 3.05) is 6.54 Å². The second kappa shape index (κ2) is 4.93. The Balaban J connectivity index is 2.48. The summed E-state index contributed by atoms with van der Waals surface area (Å²) in [5.74, 6) is 0. The minimum Gasteiger partial charge on any atom is -0.380 e. The Labute approximate surface area is 84.5 Å². The lowest BCUT2D eigenvalue weighted by atomic mass is 10.1. The second-order valence-corrected chi connectivity index (χ2v) is 3.43. The van der Waals surface area contributed by atoms with Crippen molar-refractivity contribution < 1.29 is 0 Å². The van der Waals surface area contributed by atoms with Gasteiger partial charge in [0.25, 0.3) is 0 Å². The molecule has 0 aromatic heterocycles. The number of nitrogens with one attached hydrogen (secondary N) is 1. The molecule has 2 heteroatoms. The maximum absolute atomic E-state index is 6.02. The molecule has 0 fully saturated rings. The predicted octanol–water partition coefficient (Wildman–Crippen LogP) is 3.12. The molecule has 0 aliphatic heterocycles. The minimum atomic E-state index is 0.708. The molecule has 1 rings (SSSR count). The Morgan fingerprint density at radius 1 is 1.69 bits per heavy atom. The minimum absolute atomic E-state index is 0.708. The van der Waals surface area contributed by atoms with Gasteiger partial charge in [-0.05, 0) is 24.5 Å². The van der Waals surface area contributed by atoms with Crippen LogP contribution in [0.1, 0.15) is 12.8 Å². The third kappa shape index (κ3) is 3.11. The van der Waals surface area contributed by atoms with Crippen LogP contribution in [0.4, 0.5) is 0 Å². The zero-order valence-electron chi connectivity index (χ0n) is 7.65. The van der Waals surface area contributed by atoms with Crippen LogP contribution in [-0.2, 0) is 0 Å². The first-order valence-corrected chi connectivity index (χ1v) is 4.71. The molecule has 0 saturated heterocycles. The molecule has 0 saturated carbocycles. The quantitative estimate of drug-likeness (QED) is 0.680. The second-order valence-electron chi connectivity index (χ2n) is 2.98. The van der Waals surface area contributed by atoms with E-state index in [1.165, 1.54) is 0 Å². The highest BCUT2D eigenvalue weighted by atomic mass is 35.5. The molecule has 0 aromatic carbocycles. The number of hydrogen-bond acceptors (Lipinski definition) is 1. The van der Waals surface area contributed by atoms with Crippen molar-refractivity contribution in [3.63, 3.8) is 0 Å². The Hall–Kier alpha value is -0.950. The fraction of sp³-hybridized carbons (Fsp3) is 0.273. The van der Waals surface area contributed by atoms with E-state index in [1.807, 2.05) is 6.08 Å². The van der Waals surface area contributed by atoms with E-state index in [-0.39, 0.29) is 0 Å². The van der Waals surface area contributed by atoms with Gasteiger partial charge in [-0.25, -0.2) is 0 Å². The van der Waals surface area contributed by atoms with E-state index >= 15 is 0 Å². The third-order valence-corrected chi connectivity index (χ3v) is 2.29. The zero-order valence-corrected chi connectivity index (χ0v) is 8.40. The van der Waals surface area contributed by atoms with Gasteiger partial charge < -0.3 is 5.32 Å². The lowest BCUT2D eigenvalue weighted by molar-refractivity contribution is 0.866. The van der Waals surface area contributed by atoms with Crippen LogP contribution in [0.2, 0.25) is 0 Å². The van der Waals surface area contributed by atoms with E-state index in [0.29, 0.717) is 6.54 Å². The van der Waals surface area contributed by atoms with Gasteiger partial charge in [-0.15, -0.1) is 0 Å². The van der Waals surface area contributed by atoms with Crippen molar-refractivity contribution >= 4 is 11.6 Å². The molecular formula is C11H14ClN. The first-order valence-electron chi connectivity index (χ1n) is 4.33. The summed E-state index contributed by atoms with van der Waals surface area (Å²) in [4.78, 5) is 0. The Morgan fingerprint density at radius 2 is 2.46 bits per heavy atom. The Kier molecular flexibility index (Phi) is 3.84. The molecule has 0 heterocycles. The van der Waals surface area contributed by atoms with Crippen LogP contribution >= 0.6 is 11.6 Å². The molecule has 1 nitrogen and oxygen atoms in total. The smallest absolute Gasteiger partial charge is 0.0487 e. The van der Waals surface area contributed by atoms with Gasteiger partial charge >= 0.3 is 0 Å². The van der Waals surface area contributed by atoms with E-state index in [4.69, 9.17) is 11.6 Å². The van der Waals surface area contributed by atoms with E-state index in [2.05, 4.69) is 24.6 Å². The van der Waals surface area contributed by atoms with Crippen LogP contribution in [0.5, 0.6) is 0 Å².